The first kappa shape index (κ1) is 20.2. The molecular weight excluding hydrogens is 349 g/mol. The zero-order valence-electron chi connectivity index (χ0n) is 15.8. The lowest BCUT2D eigenvalue weighted by molar-refractivity contribution is 0.627. The van der Waals surface area contributed by atoms with Gasteiger partial charge in [0.2, 0.25) is 0 Å². The van der Waals surface area contributed by atoms with Crippen molar-refractivity contribution in [3.05, 3.63) is 46.2 Å². The minimum atomic E-state index is -0.207. The van der Waals surface area contributed by atoms with Crippen LogP contribution in [0.5, 0.6) is 0 Å². The van der Waals surface area contributed by atoms with Gasteiger partial charge in [0.1, 0.15) is 5.82 Å². The fraction of sp³-hybridized carbons (Fsp3) is 0.474. The van der Waals surface area contributed by atoms with Crippen LogP contribution in [0.4, 0.5) is 10.1 Å². The third-order valence-electron chi connectivity index (χ3n) is 3.82. The third kappa shape index (κ3) is 7.00. The van der Waals surface area contributed by atoms with E-state index in [9.17, 15) is 4.39 Å². The molecule has 0 saturated heterocycles. The lowest BCUT2D eigenvalue weighted by Crippen LogP contribution is -2.38. The van der Waals surface area contributed by atoms with E-state index in [1.54, 1.807) is 23.5 Å². The van der Waals surface area contributed by atoms with E-state index in [0.717, 1.165) is 49.1 Å². The van der Waals surface area contributed by atoms with Crippen LogP contribution in [0.1, 0.15) is 23.2 Å². The molecule has 5 nitrogen and oxygen atoms in total. The highest BCUT2D eigenvalue weighted by Gasteiger charge is 2.03. The lowest BCUT2D eigenvalue weighted by Gasteiger charge is -2.19. The number of rotatable bonds is 9. The molecule has 1 aromatic carbocycles. The summed E-state index contributed by atoms with van der Waals surface area (Å²) >= 11 is 1.73. The summed E-state index contributed by atoms with van der Waals surface area (Å²) in [7, 11) is 1.97. The number of nitrogens with one attached hydrogen (secondary N) is 2. The third-order valence-corrected chi connectivity index (χ3v) is 4.79. The molecule has 2 N–H and O–H groups in total. The van der Waals surface area contributed by atoms with Crippen molar-refractivity contribution in [2.24, 2.45) is 4.99 Å². The molecule has 2 aromatic rings. The van der Waals surface area contributed by atoms with Crippen molar-refractivity contribution in [1.29, 1.82) is 0 Å². The molecule has 0 aliphatic carbocycles. The molecular formula is C19H28FN5S. The van der Waals surface area contributed by atoms with Crippen molar-refractivity contribution in [2.45, 2.75) is 26.7 Å². The summed E-state index contributed by atoms with van der Waals surface area (Å²) in [5.74, 6) is 0.621. The second-order valence-corrected chi connectivity index (χ2v) is 7.38. The molecule has 26 heavy (non-hydrogen) atoms. The minimum Gasteiger partial charge on any atom is -0.374 e. The van der Waals surface area contributed by atoms with Crippen LogP contribution in [0.25, 0.3) is 0 Å². The Kier molecular flexibility index (Phi) is 8.34. The average Bonchev–Trinajstić information content (AvgIpc) is 3.03. The average molecular weight is 378 g/mol. The topological polar surface area (TPSA) is 52.6 Å². The summed E-state index contributed by atoms with van der Waals surface area (Å²) < 4.78 is 13.3. The predicted octanol–water partition coefficient (Wildman–Crippen LogP) is 3.21. The number of aryl methyl sites for hydroxylation is 1. The van der Waals surface area contributed by atoms with Gasteiger partial charge in [0.25, 0.3) is 0 Å². The van der Waals surface area contributed by atoms with Crippen molar-refractivity contribution >= 4 is 23.0 Å². The van der Waals surface area contributed by atoms with Crippen LogP contribution in [0.3, 0.4) is 0 Å². The Morgan fingerprint density at radius 1 is 1.35 bits per heavy atom. The molecule has 0 atom stereocenters. The minimum absolute atomic E-state index is 0.207. The Morgan fingerprint density at radius 2 is 2.19 bits per heavy atom. The Hall–Kier alpha value is -2.15. The normalized spacial score (nSPS) is 11.5. The highest BCUT2D eigenvalue weighted by atomic mass is 32.1. The first-order valence-corrected chi connectivity index (χ1v) is 9.80. The number of thiazole rings is 1. The molecule has 0 saturated carbocycles. The van der Waals surface area contributed by atoms with Gasteiger partial charge >= 0.3 is 0 Å². The zero-order valence-corrected chi connectivity index (χ0v) is 16.6. The van der Waals surface area contributed by atoms with Gasteiger partial charge in [-0.2, -0.15) is 0 Å². The molecule has 0 fully saturated rings. The Labute approximate surface area is 159 Å². The second kappa shape index (κ2) is 10.8. The second-order valence-electron chi connectivity index (χ2n) is 6.06. The summed E-state index contributed by atoms with van der Waals surface area (Å²) in [4.78, 5) is 12.3. The highest BCUT2D eigenvalue weighted by molar-refractivity contribution is 7.11. The molecule has 0 aliphatic rings. The Balaban J connectivity index is 1.73. The zero-order chi connectivity index (χ0) is 18.8. The molecule has 0 radical (unpaired) electrons. The Morgan fingerprint density at radius 3 is 2.88 bits per heavy atom. The van der Waals surface area contributed by atoms with Crippen LogP contribution < -0.4 is 15.5 Å². The SMILES string of the molecule is CCNC(=NCCCN(C)c1cccc(F)c1)NCCc1ncc(C)s1. The number of hydrogen-bond acceptors (Lipinski definition) is 4. The maximum atomic E-state index is 13.3. The summed E-state index contributed by atoms with van der Waals surface area (Å²) in [6, 6.07) is 6.66. The van der Waals surface area contributed by atoms with Crippen molar-refractivity contribution in [1.82, 2.24) is 15.6 Å². The number of anilines is 1. The van der Waals surface area contributed by atoms with Gasteiger partial charge in [-0.15, -0.1) is 11.3 Å². The quantitative estimate of drug-likeness (QED) is 0.400. The van der Waals surface area contributed by atoms with Crippen LogP contribution in [-0.2, 0) is 6.42 Å². The fourth-order valence-corrected chi connectivity index (χ4v) is 3.27. The van der Waals surface area contributed by atoms with E-state index in [1.807, 2.05) is 24.2 Å². The molecule has 142 valence electrons. The molecule has 1 aromatic heterocycles. The van der Waals surface area contributed by atoms with E-state index in [0.29, 0.717) is 6.54 Å². The standard InChI is InChI=1S/C19H28FN5S/c1-4-21-19(23-11-9-18-24-14-15(2)26-18)22-10-6-12-25(3)17-8-5-7-16(20)13-17/h5,7-8,13-14H,4,6,9-12H2,1-3H3,(H2,21,22,23). The molecule has 2 rings (SSSR count). The number of aromatic nitrogens is 1. The maximum absolute atomic E-state index is 13.3. The predicted molar refractivity (Wildman–Crippen MR) is 109 cm³/mol. The lowest BCUT2D eigenvalue weighted by atomic mass is 10.2. The van der Waals surface area contributed by atoms with E-state index in [2.05, 4.69) is 34.5 Å². The fourth-order valence-electron chi connectivity index (χ4n) is 2.49. The molecule has 0 amide bonds. The van der Waals surface area contributed by atoms with E-state index in [-0.39, 0.29) is 5.82 Å². The summed E-state index contributed by atoms with van der Waals surface area (Å²) in [5.41, 5.74) is 0.887. The van der Waals surface area contributed by atoms with Crippen LogP contribution >= 0.6 is 11.3 Å². The van der Waals surface area contributed by atoms with Gasteiger partial charge in [-0.25, -0.2) is 9.37 Å². The van der Waals surface area contributed by atoms with Crippen LogP contribution in [0.15, 0.2) is 35.5 Å². The number of aliphatic imine (C=N–C) groups is 1. The van der Waals surface area contributed by atoms with Gasteiger partial charge in [-0.3, -0.25) is 4.99 Å². The number of guanidine groups is 1. The highest BCUT2D eigenvalue weighted by Crippen LogP contribution is 2.14. The molecule has 1 heterocycles. The summed E-state index contributed by atoms with van der Waals surface area (Å²) in [6.45, 7) is 7.30. The molecule has 0 bridgehead atoms. The Bertz CT molecular complexity index is 701. The number of benzene rings is 1. The van der Waals surface area contributed by atoms with Crippen molar-refractivity contribution < 1.29 is 4.39 Å². The maximum Gasteiger partial charge on any atom is 0.191 e. The number of nitrogens with zero attached hydrogens (tertiary/aromatic N) is 3. The first-order chi connectivity index (χ1) is 12.6. The molecule has 0 spiro atoms. The van der Waals surface area contributed by atoms with Gasteiger partial charge < -0.3 is 15.5 Å². The summed E-state index contributed by atoms with van der Waals surface area (Å²) in [5, 5.41) is 7.75. The van der Waals surface area contributed by atoms with Crippen LogP contribution in [0, 0.1) is 12.7 Å². The van der Waals surface area contributed by atoms with Crippen molar-refractivity contribution in [3.8, 4) is 0 Å². The molecule has 0 aliphatic heterocycles. The number of halogens is 1. The van der Waals surface area contributed by atoms with Gasteiger partial charge in [0.15, 0.2) is 5.96 Å². The molecule has 0 unspecified atom stereocenters. The number of hydrogen-bond donors (Lipinski definition) is 2. The van der Waals surface area contributed by atoms with Gasteiger partial charge in [0, 0.05) is 56.4 Å². The van der Waals surface area contributed by atoms with Gasteiger partial charge in [-0.05, 0) is 38.5 Å². The smallest absolute Gasteiger partial charge is 0.191 e. The molecule has 7 heteroatoms. The van der Waals surface area contributed by atoms with Crippen molar-refractivity contribution in [3.63, 3.8) is 0 Å². The largest absolute Gasteiger partial charge is 0.374 e. The van der Waals surface area contributed by atoms with Crippen LogP contribution in [0.2, 0.25) is 0 Å². The van der Waals surface area contributed by atoms with Crippen molar-refractivity contribution in [2.75, 3.05) is 38.1 Å². The monoisotopic (exact) mass is 377 g/mol. The summed E-state index contributed by atoms with van der Waals surface area (Å²) in [6.07, 6.45) is 3.70. The van der Waals surface area contributed by atoms with E-state index in [1.165, 1.54) is 10.9 Å². The van der Waals surface area contributed by atoms with Gasteiger partial charge in [-0.1, -0.05) is 6.07 Å². The first-order valence-electron chi connectivity index (χ1n) is 8.98. The van der Waals surface area contributed by atoms with Gasteiger partial charge in [0.05, 0.1) is 5.01 Å². The van der Waals surface area contributed by atoms with Crippen LogP contribution in [-0.4, -0.2) is 44.2 Å². The van der Waals surface area contributed by atoms with E-state index in [4.69, 9.17) is 0 Å². The van der Waals surface area contributed by atoms with E-state index < -0.39 is 0 Å². The van der Waals surface area contributed by atoms with E-state index >= 15 is 0 Å².